The predicted molar refractivity (Wildman–Crippen MR) is 66.8 cm³/mol. The summed E-state index contributed by atoms with van der Waals surface area (Å²) < 4.78 is 27.2. The fraction of sp³-hybridized carbons (Fsp3) is 0.429. The number of hydrogen-bond acceptors (Lipinski definition) is 2. The zero-order chi connectivity index (χ0) is 14.3. The van der Waals surface area contributed by atoms with Gasteiger partial charge in [-0.15, -0.1) is 0 Å². The minimum Gasteiger partial charge on any atom is -0.351 e. The maximum Gasteiger partial charge on any atom is 0.242 e. The van der Waals surface area contributed by atoms with Crippen LogP contribution in [0.5, 0.6) is 0 Å². The van der Waals surface area contributed by atoms with Crippen molar-refractivity contribution < 1.29 is 18.4 Å². The lowest BCUT2D eigenvalue weighted by molar-refractivity contribution is -0.125. The van der Waals surface area contributed by atoms with Crippen LogP contribution in [0.3, 0.4) is 0 Å². The van der Waals surface area contributed by atoms with Gasteiger partial charge in [-0.1, -0.05) is 6.07 Å². The summed E-state index contributed by atoms with van der Waals surface area (Å²) >= 11 is 0. The first-order valence-electron chi connectivity index (χ1n) is 6.60. The Kier molecular flexibility index (Phi) is 3.16. The topological polar surface area (TPSA) is 58.2 Å². The summed E-state index contributed by atoms with van der Waals surface area (Å²) in [6.45, 7) is 0. The lowest BCUT2D eigenvalue weighted by Gasteiger charge is -2.11. The molecule has 20 heavy (non-hydrogen) atoms. The van der Waals surface area contributed by atoms with Crippen LogP contribution in [0.1, 0.15) is 30.7 Å². The zero-order valence-corrected chi connectivity index (χ0v) is 10.7. The van der Waals surface area contributed by atoms with Gasteiger partial charge in [-0.3, -0.25) is 9.59 Å². The molecule has 106 valence electrons. The largest absolute Gasteiger partial charge is 0.351 e. The van der Waals surface area contributed by atoms with Gasteiger partial charge in [0.1, 0.15) is 17.7 Å². The van der Waals surface area contributed by atoms with Crippen molar-refractivity contribution in [3.05, 3.63) is 35.4 Å². The summed E-state index contributed by atoms with van der Waals surface area (Å²) in [6.07, 6.45) is 1.33. The molecule has 4 nitrogen and oxygen atoms in total. The van der Waals surface area contributed by atoms with Crippen molar-refractivity contribution in [1.82, 2.24) is 10.6 Å². The van der Waals surface area contributed by atoms with Gasteiger partial charge in [0, 0.05) is 23.9 Å². The molecule has 2 fully saturated rings. The van der Waals surface area contributed by atoms with Crippen LogP contribution in [0.25, 0.3) is 0 Å². The molecule has 2 N–H and O–H groups in total. The van der Waals surface area contributed by atoms with Crippen molar-refractivity contribution in [3.63, 3.8) is 0 Å². The molecule has 1 heterocycles. The number of carbonyl (C=O) groups excluding carboxylic acids is 2. The normalized spacial score (nSPS) is 28.1. The van der Waals surface area contributed by atoms with E-state index < -0.39 is 17.7 Å². The lowest BCUT2D eigenvalue weighted by atomic mass is 10.1. The molecule has 6 heteroatoms. The zero-order valence-electron chi connectivity index (χ0n) is 10.7. The first-order chi connectivity index (χ1) is 9.56. The highest BCUT2D eigenvalue weighted by Crippen LogP contribution is 2.43. The maximum absolute atomic E-state index is 13.6. The highest BCUT2D eigenvalue weighted by atomic mass is 19.1. The predicted octanol–water partition coefficient (Wildman–Crippen LogP) is 1.22. The molecule has 2 amide bonds. The van der Waals surface area contributed by atoms with Crippen LogP contribution in [0.2, 0.25) is 0 Å². The second kappa shape index (κ2) is 4.85. The van der Waals surface area contributed by atoms with Crippen LogP contribution in [-0.4, -0.2) is 23.9 Å². The highest BCUT2D eigenvalue weighted by molar-refractivity contribution is 5.91. The van der Waals surface area contributed by atoms with E-state index in [2.05, 4.69) is 10.6 Å². The van der Waals surface area contributed by atoms with E-state index >= 15 is 0 Å². The molecule has 1 saturated heterocycles. The smallest absolute Gasteiger partial charge is 0.242 e. The minimum atomic E-state index is -0.582. The number of rotatable bonds is 3. The van der Waals surface area contributed by atoms with E-state index in [1.165, 1.54) is 18.2 Å². The van der Waals surface area contributed by atoms with E-state index in [1.807, 2.05) is 0 Å². The van der Waals surface area contributed by atoms with Crippen molar-refractivity contribution in [1.29, 1.82) is 0 Å². The Morgan fingerprint density at radius 1 is 1.30 bits per heavy atom. The molecule has 0 unspecified atom stereocenters. The Morgan fingerprint density at radius 3 is 2.60 bits per heavy atom. The first-order valence-corrected chi connectivity index (χ1v) is 6.60. The monoisotopic (exact) mass is 280 g/mol. The van der Waals surface area contributed by atoms with Crippen molar-refractivity contribution in [3.8, 4) is 0 Å². The molecule has 1 aromatic rings. The highest BCUT2D eigenvalue weighted by Gasteiger charge is 2.43. The molecule has 3 rings (SSSR count). The average Bonchev–Trinajstić information content (AvgIpc) is 2.97. The lowest BCUT2D eigenvalue weighted by Crippen LogP contribution is -2.42. The molecule has 0 bridgehead atoms. The average molecular weight is 280 g/mol. The molecular formula is C14H14F2N2O2. The van der Waals surface area contributed by atoms with Crippen molar-refractivity contribution in [2.45, 2.75) is 37.3 Å². The Bertz CT molecular complexity index is 556. The summed E-state index contributed by atoms with van der Waals surface area (Å²) in [5, 5.41) is 5.30. The fourth-order valence-corrected chi connectivity index (χ4v) is 2.63. The van der Waals surface area contributed by atoms with E-state index in [-0.39, 0.29) is 29.3 Å². The van der Waals surface area contributed by atoms with Gasteiger partial charge in [0.25, 0.3) is 0 Å². The molecule has 3 atom stereocenters. The van der Waals surface area contributed by atoms with Crippen LogP contribution >= 0.6 is 0 Å². The molecule has 1 aromatic carbocycles. The van der Waals surface area contributed by atoms with Crippen LogP contribution in [0.4, 0.5) is 8.78 Å². The summed E-state index contributed by atoms with van der Waals surface area (Å²) in [7, 11) is 0. The molecule has 0 radical (unpaired) electrons. The number of nitrogens with one attached hydrogen (secondary N) is 2. The molecular weight excluding hydrogens is 266 g/mol. The number of halogens is 2. The van der Waals surface area contributed by atoms with E-state index in [1.54, 1.807) is 0 Å². The van der Waals surface area contributed by atoms with Gasteiger partial charge in [0.15, 0.2) is 0 Å². The third-order valence-electron chi connectivity index (χ3n) is 3.80. The number of carbonyl (C=O) groups is 2. The van der Waals surface area contributed by atoms with Crippen LogP contribution in [0, 0.1) is 11.6 Å². The SMILES string of the molecule is O=C1CC[C@H](C(=O)N[C@@H]2C[C@@H]2c2c(F)cccc2F)N1. The third-order valence-corrected chi connectivity index (χ3v) is 3.80. The summed E-state index contributed by atoms with van der Waals surface area (Å²) in [4.78, 5) is 22.9. The standard InChI is InChI=1S/C14H14F2N2O2/c15-8-2-1-3-9(16)13(8)7-6-11(7)18-14(20)10-4-5-12(19)17-10/h1-3,7,10-11H,4-6H2,(H,17,19)(H,18,20)/t7-,10+,11+/m0/s1. The van der Waals surface area contributed by atoms with Crippen LogP contribution < -0.4 is 10.6 Å². The summed E-state index contributed by atoms with van der Waals surface area (Å²) in [5.41, 5.74) is 0.0354. The number of benzene rings is 1. The Balaban J connectivity index is 1.62. The van der Waals surface area contributed by atoms with Crippen LogP contribution in [-0.2, 0) is 9.59 Å². The summed E-state index contributed by atoms with van der Waals surface area (Å²) in [5.74, 6) is -1.91. The van der Waals surface area contributed by atoms with E-state index in [0.717, 1.165) is 0 Å². The number of amides is 2. The quantitative estimate of drug-likeness (QED) is 0.874. The van der Waals surface area contributed by atoms with Crippen molar-refractivity contribution >= 4 is 11.8 Å². The van der Waals surface area contributed by atoms with Gasteiger partial charge in [0.05, 0.1) is 0 Å². The van der Waals surface area contributed by atoms with Gasteiger partial charge < -0.3 is 10.6 Å². The van der Waals surface area contributed by atoms with Crippen molar-refractivity contribution in [2.75, 3.05) is 0 Å². The van der Waals surface area contributed by atoms with Crippen LogP contribution in [0.15, 0.2) is 18.2 Å². The second-order valence-corrected chi connectivity index (χ2v) is 5.25. The second-order valence-electron chi connectivity index (χ2n) is 5.25. The molecule has 0 spiro atoms. The maximum atomic E-state index is 13.6. The molecule has 1 aliphatic carbocycles. The molecule has 0 aromatic heterocycles. The number of hydrogen-bond donors (Lipinski definition) is 2. The Hall–Kier alpha value is -1.98. The minimum absolute atomic E-state index is 0.0354. The van der Waals surface area contributed by atoms with E-state index in [4.69, 9.17) is 0 Å². The molecule has 1 aliphatic heterocycles. The molecule has 1 saturated carbocycles. The van der Waals surface area contributed by atoms with Gasteiger partial charge in [-0.2, -0.15) is 0 Å². The van der Waals surface area contributed by atoms with Crippen molar-refractivity contribution in [2.24, 2.45) is 0 Å². The van der Waals surface area contributed by atoms with Gasteiger partial charge in [-0.25, -0.2) is 8.78 Å². The van der Waals surface area contributed by atoms with E-state index in [9.17, 15) is 18.4 Å². The van der Waals surface area contributed by atoms with Gasteiger partial charge >= 0.3 is 0 Å². The summed E-state index contributed by atoms with van der Waals surface area (Å²) in [6, 6.07) is 2.97. The third kappa shape index (κ3) is 2.37. The van der Waals surface area contributed by atoms with Gasteiger partial charge in [-0.05, 0) is 25.0 Å². The Labute approximate surface area is 114 Å². The fourth-order valence-electron chi connectivity index (χ4n) is 2.63. The molecule has 2 aliphatic rings. The first kappa shape index (κ1) is 13.0. The van der Waals surface area contributed by atoms with Gasteiger partial charge in [0.2, 0.25) is 11.8 Å². The van der Waals surface area contributed by atoms with E-state index in [0.29, 0.717) is 19.3 Å². The Morgan fingerprint density at radius 2 is 2.00 bits per heavy atom.